The SMILES string of the molecule is CC(C)(C)OC(=O)N1CCC(n2ncc3ccc(B4OC(C)(C)C(C)(C)O4)cc32)CC1. The fourth-order valence-corrected chi connectivity index (χ4v) is 4.09. The molecule has 0 spiro atoms. The van der Waals surface area contributed by atoms with E-state index in [0.717, 1.165) is 29.2 Å². The van der Waals surface area contributed by atoms with Crippen LogP contribution in [0.2, 0.25) is 0 Å². The van der Waals surface area contributed by atoms with Crippen molar-refractivity contribution in [2.24, 2.45) is 0 Å². The molecule has 7 nitrogen and oxygen atoms in total. The maximum Gasteiger partial charge on any atom is 0.494 e. The summed E-state index contributed by atoms with van der Waals surface area (Å²) in [5.41, 5.74) is 0.848. The van der Waals surface area contributed by atoms with Crippen LogP contribution >= 0.6 is 0 Å². The fourth-order valence-electron chi connectivity index (χ4n) is 4.09. The van der Waals surface area contributed by atoms with Crippen LogP contribution in [0.3, 0.4) is 0 Å². The third-order valence-electron chi connectivity index (χ3n) is 6.61. The van der Waals surface area contributed by atoms with E-state index in [9.17, 15) is 4.79 Å². The molecule has 0 atom stereocenters. The largest absolute Gasteiger partial charge is 0.494 e. The van der Waals surface area contributed by atoms with Crippen LogP contribution in [0.5, 0.6) is 0 Å². The molecule has 0 unspecified atom stereocenters. The van der Waals surface area contributed by atoms with Crippen molar-refractivity contribution in [3.63, 3.8) is 0 Å². The number of hydrogen-bond acceptors (Lipinski definition) is 5. The Bertz CT molecular complexity index is 955. The molecule has 0 aliphatic carbocycles. The number of hydrogen-bond donors (Lipinski definition) is 0. The van der Waals surface area contributed by atoms with E-state index in [0.29, 0.717) is 13.1 Å². The lowest BCUT2D eigenvalue weighted by Crippen LogP contribution is -2.42. The van der Waals surface area contributed by atoms with E-state index in [4.69, 9.17) is 14.0 Å². The van der Waals surface area contributed by atoms with Crippen LogP contribution in [0, 0.1) is 0 Å². The molecule has 4 rings (SSSR count). The fraction of sp³-hybridized carbons (Fsp3) is 0.652. The van der Waals surface area contributed by atoms with E-state index in [1.54, 1.807) is 4.90 Å². The highest BCUT2D eigenvalue weighted by atomic mass is 16.7. The number of ether oxygens (including phenoxy) is 1. The number of carbonyl (C=O) groups excluding carboxylic acids is 1. The second-order valence-electron chi connectivity index (χ2n) is 10.7. The van der Waals surface area contributed by atoms with Crippen molar-refractivity contribution in [1.82, 2.24) is 14.7 Å². The molecule has 2 saturated heterocycles. The van der Waals surface area contributed by atoms with Crippen molar-refractivity contribution >= 4 is 29.6 Å². The highest BCUT2D eigenvalue weighted by Crippen LogP contribution is 2.36. The summed E-state index contributed by atoms with van der Waals surface area (Å²) in [6.07, 6.45) is 3.36. The summed E-state index contributed by atoms with van der Waals surface area (Å²) in [6.45, 7) is 15.3. The minimum absolute atomic E-state index is 0.237. The monoisotopic (exact) mass is 427 g/mol. The Morgan fingerprint density at radius 2 is 1.74 bits per heavy atom. The smallest absolute Gasteiger partial charge is 0.444 e. The summed E-state index contributed by atoms with van der Waals surface area (Å²) in [5.74, 6) is 0. The first-order chi connectivity index (χ1) is 14.4. The number of rotatable bonds is 2. The van der Waals surface area contributed by atoms with Gasteiger partial charge in [0.25, 0.3) is 0 Å². The molecule has 0 saturated carbocycles. The van der Waals surface area contributed by atoms with E-state index in [1.807, 2.05) is 27.0 Å². The van der Waals surface area contributed by atoms with Crippen molar-refractivity contribution in [2.75, 3.05) is 13.1 Å². The van der Waals surface area contributed by atoms with Crippen molar-refractivity contribution < 1.29 is 18.8 Å². The number of nitrogens with zero attached hydrogens (tertiary/aromatic N) is 3. The molecule has 3 heterocycles. The molecule has 8 heteroatoms. The van der Waals surface area contributed by atoms with E-state index >= 15 is 0 Å². The predicted molar refractivity (Wildman–Crippen MR) is 122 cm³/mol. The van der Waals surface area contributed by atoms with Gasteiger partial charge >= 0.3 is 13.2 Å². The van der Waals surface area contributed by atoms with Gasteiger partial charge in [-0.15, -0.1) is 0 Å². The molecule has 0 radical (unpaired) electrons. The molecular weight excluding hydrogens is 393 g/mol. The summed E-state index contributed by atoms with van der Waals surface area (Å²) >= 11 is 0. The van der Waals surface area contributed by atoms with E-state index in [2.05, 4.69) is 55.7 Å². The summed E-state index contributed by atoms with van der Waals surface area (Å²) in [5, 5.41) is 5.77. The number of aromatic nitrogens is 2. The van der Waals surface area contributed by atoms with Gasteiger partial charge in [-0.05, 0) is 72.8 Å². The Balaban J connectivity index is 1.50. The van der Waals surface area contributed by atoms with Crippen LogP contribution in [0.1, 0.15) is 67.3 Å². The number of likely N-dealkylation sites (tertiary alicyclic amines) is 1. The highest BCUT2D eigenvalue weighted by molar-refractivity contribution is 6.62. The van der Waals surface area contributed by atoms with E-state index < -0.39 is 12.7 Å². The molecule has 31 heavy (non-hydrogen) atoms. The summed E-state index contributed by atoms with van der Waals surface area (Å²) < 4.78 is 20.1. The van der Waals surface area contributed by atoms with Gasteiger partial charge in [-0.2, -0.15) is 5.10 Å². The van der Waals surface area contributed by atoms with Crippen LogP contribution in [0.4, 0.5) is 4.79 Å². The predicted octanol–water partition coefficient (Wildman–Crippen LogP) is 3.91. The Morgan fingerprint density at radius 1 is 1.13 bits per heavy atom. The average molecular weight is 427 g/mol. The van der Waals surface area contributed by atoms with Crippen LogP contribution in [0.15, 0.2) is 24.4 Å². The van der Waals surface area contributed by atoms with Crippen LogP contribution in [-0.4, -0.2) is 57.8 Å². The average Bonchev–Trinajstić information content (AvgIpc) is 3.17. The topological polar surface area (TPSA) is 65.8 Å². The zero-order valence-electron chi connectivity index (χ0n) is 19.8. The Labute approximate surface area is 185 Å². The lowest BCUT2D eigenvalue weighted by Gasteiger charge is -2.33. The number of carbonyl (C=O) groups is 1. The van der Waals surface area contributed by atoms with Gasteiger partial charge < -0.3 is 18.9 Å². The third-order valence-corrected chi connectivity index (χ3v) is 6.61. The second kappa shape index (κ2) is 7.52. The van der Waals surface area contributed by atoms with Gasteiger partial charge in [0.05, 0.1) is 29.0 Å². The zero-order chi connectivity index (χ0) is 22.6. The van der Waals surface area contributed by atoms with Crippen molar-refractivity contribution in [3.8, 4) is 0 Å². The molecule has 1 aromatic heterocycles. The number of piperidine rings is 1. The third kappa shape index (κ3) is 4.33. The van der Waals surface area contributed by atoms with Gasteiger partial charge in [-0.1, -0.05) is 12.1 Å². The molecule has 0 bridgehead atoms. The first-order valence-corrected chi connectivity index (χ1v) is 11.2. The van der Waals surface area contributed by atoms with E-state index in [-0.39, 0.29) is 23.3 Å². The molecular formula is C23H34BN3O4. The van der Waals surface area contributed by atoms with Crippen LogP contribution in [-0.2, 0) is 14.0 Å². The molecule has 0 N–H and O–H groups in total. The first kappa shape index (κ1) is 22.2. The van der Waals surface area contributed by atoms with Gasteiger partial charge in [0, 0.05) is 18.5 Å². The minimum Gasteiger partial charge on any atom is -0.444 e. The second-order valence-corrected chi connectivity index (χ2v) is 10.7. The number of fused-ring (bicyclic) bond motifs is 1. The Kier molecular flexibility index (Phi) is 5.37. The van der Waals surface area contributed by atoms with Crippen molar-refractivity contribution in [1.29, 1.82) is 0 Å². The number of amides is 1. The maximum absolute atomic E-state index is 12.4. The molecule has 2 aliphatic rings. The highest BCUT2D eigenvalue weighted by Gasteiger charge is 2.51. The maximum atomic E-state index is 12.4. The van der Waals surface area contributed by atoms with E-state index in [1.165, 1.54) is 0 Å². The lowest BCUT2D eigenvalue weighted by atomic mass is 9.79. The molecule has 2 aliphatic heterocycles. The lowest BCUT2D eigenvalue weighted by molar-refractivity contribution is 0.00578. The Hall–Kier alpha value is -2.06. The molecule has 168 valence electrons. The molecule has 2 fully saturated rings. The van der Waals surface area contributed by atoms with Gasteiger partial charge in [0.15, 0.2) is 0 Å². The first-order valence-electron chi connectivity index (χ1n) is 11.2. The van der Waals surface area contributed by atoms with Gasteiger partial charge in [-0.25, -0.2) is 4.79 Å². The van der Waals surface area contributed by atoms with Crippen LogP contribution < -0.4 is 5.46 Å². The zero-order valence-corrected chi connectivity index (χ0v) is 19.8. The van der Waals surface area contributed by atoms with Crippen molar-refractivity contribution in [2.45, 2.75) is 84.2 Å². The van der Waals surface area contributed by atoms with Gasteiger partial charge in [-0.3, -0.25) is 4.68 Å². The van der Waals surface area contributed by atoms with Gasteiger partial charge in [0.1, 0.15) is 5.60 Å². The van der Waals surface area contributed by atoms with Gasteiger partial charge in [0.2, 0.25) is 0 Å². The normalized spacial score (nSPS) is 21.6. The Morgan fingerprint density at radius 3 is 2.32 bits per heavy atom. The molecule has 1 amide bonds. The van der Waals surface area contributed by atoms with Crippen molar-refractivity contribution in [3.05, 3.63) is 24.4 Å². The molecule has 2 aromatic rings. The number of benzene rings is 1. The summed E-state index contributed by atoms with van der Waals surface area (Å²) in [7, 11) is -0.397. The van der Waals surface area contributed by atoms with Crippen LogP contribution in [0.25, 0.3) is 10.9 Å². The summed E-state index contributed by atoms with van der Waals surface area (Å²) in [4.78, 5) is 14.2. The molecule has 1 aromatic carbocycles. The minimum atomic E-state index is -0.476. The standard InChI is InChI=1S/C23H34BN3O4/c1-21(2,3)29-20(28)26-12-10-18(11-13-26)27-19-14-17(9-8-16(19)15-25-27)24-30-22(4,5)23(6,7)31-24/h8-9,14-15,18H,10-13H2,1-7H3. The quantitative estimate of drug-likeness (QED) is 0.680. The summed E-state index contributed by atoms with van der Waals surface area (Å²) in [6, 6.07) is 6.51.